The van der Waals surface area contributed by atoms with E-state index in [0.29, 0.717) is 11.1 Å². The van der Waals surface area contributed by atoms with Crippen LogP contribution in [0.3, 0.4) is 0 Å². The van der Waals surface area contributed by atoms with Gasteiger partial charge in [0.1, 0.15) is 0 Å². The highest BCUT2D eigenvalue weighted by molar-refractivity contribution is 6.30. The second kappa shape index (κ2) is 6.44. The van der Waals surface area contributed by atoms with Crippen molar-refractivity contribution in [2.75, 3.05) is 29.9 Å². The first-order chi connectivity index (χ1) is 10.6. The van der Waals surface area contributed by atoms with Crippen molar-refractivity contribution in [1.29, 1.82) is 0 Å². The Hall–Kier alpha value is -1.95. The molecule has 0 atom stereocenters. The molecule has 0 spiro atoms. The maximum absolute atomic E-state index is 5.84. The number of halogens is 1. The van der Waals surface area contributed by atoms with Gasteiger partial charge < -0.3 is 9.80 Å². The van der Waals surface area contributed by atoms with Crippen molar-refractivity contribution in [3.05, 3.63) is 35.4 Å². The average molecular weight is 319 g/mol. The van der Waals surface area contributed by atoms with Crippen LogP contribution in [0.15, 0.2) is 24.7 Å². The number of anilines is 2. The first-order valence-corrected chi connectivity index (χ1v) is 7.76. The van der Waals surface area contributed by atoms with Gasteiger partial charge >= 0.3 is 0 Å². The number of rotatable bonds is 3. The third-order valence-electron chi connectivity index (χ3n) is 4.00. The van der Waals surface area contributed by atoms with Gasteiger partial charge in [-0.2, -0.15) is 0 Å². The van der Waals surface area contributed by atoms with E-state index in [1.807, 2.05) is 26.2 Å². The quantitative estimate of drug-likeness (QED) is 0.865. The van der Waals surface area contributed by atoms with Gasteiger partial charge in [-0.3, -0.25) is 0 Å². The third kappa shape index (κ3) is 3.27. The summed E-state index contributed by atoms with van der Waals surface area (Å²) in [5.41, 5.74) is 0.999. The van der Waals surface area contributed by atoms with Gasteiger partial charge in [-0.05, 0) is 25.8 Å². The van der Waals surface area contributed by atoms with Crippen LogP contribution in [0.5, 0.6) is 0 Å². The van der Waals surface area contributed by atoms with Gasteiger partial charge in [0.15, 0.2) is 0 Å². The lowest BCUT2D eigenvalue weighted by molar-refractivity contribution is 0.472. The highest BCUT2D eigenvalue weighted by Crippen LogP contribution is 2.22. The van der Waals surface area contributed by atoms with Crippen LogP contribution in [0.2, 0.25) is 5.02 Å². The van der Waals surface area contributed by atoms with E-state index in [1.54, 1.807) is 12.4 Å². The topological polar surface area (TPSA) is 58.0 Å². The Kier molecular flexibility index (Phi) is 4.38. The summed E-state index contributed by atoms with van der Waals surface area (Å²) in [5, 5.41) is 0.559. The zero-order valence-corrected chi connectivity index (χ0v) is 13.5. The third-order valence-corrected chi connectivity index (χ3v) is 4.19. The van der Waals surface area contributed by atoms with E-state index in [4.69, 9.17) is 11.6 Å². The van der Waals surface area contributed by atoms with Gasteiger partial charge in [-0.25, -0.2) is 19.9 Å². The molecule has 0 radical (unpaired) electrons. The molecule has 0 saturated carbocycles. The molecular weight excluding hydrogens is 300 g/mol. The van der Waals surface area contributed by atoms with Crippen LogP contribution in [-0.4, -0.2) is 46.1 Å². The molecule has 0 amide bonds. The van der Waals surface area contributed by atoms with Gasteiger partial charge in [-0.15, -0.1) is 0 Å². The molecule has 1 saturated heterocycles. The first-order valence-electron chi connectivity index (χ1n) is 7.38. The molecule has 0 aliphatic carbocycles. The Bertz CT molecular complexity index is 624. The van der Waals surface area contributed by atoms with Gasteiger partial charge in [0, 0.05) is 38.1 Å². The van der Waals surface area contributed by atoms with Crippen molar-refractivity contribution < 1.29 is 0 Å². The molecule has 22 heavy (non-hydrogen) atoms. The van der Waals surface area contributed by atoms with Gasteiger partial charge in [0.25, 0.3) is 0 Å². The van der Waals surface area contributed by atoms with Crippen molar-refractivity contribution in [1.82, 2.24) is 19.9 Å². The van der Waals surface area contributed by atoms with Crippen LogP contribution < -0.4 is 9.80 Å². The monoisotopic (exact) mass is 318 g/mol. The highest BCUT2D eigenvalue weighted by Gasteiger charge is 2.25. The first kappa shape index (κ1) is 15.0. The van der Waals surface area contributed by atoms with Crippen LogP contribution in [0.25, 0.3) is 0 Å². The molecule has 3 rings (SSSR count). The number of aromatic nitrogens is 4. The molecule has 2 aromatic heterocycles. The number of hydrogen-bond donors (Lipinski definition) is 0. The van der Waals surface area contributed by atoms with Gasteiger partial charge in [0.05, 0.1) is 17.4 Å². The fourth-order valence-electron chi connectivity index (χ4n) is 2.69. The summed E-state index contributed by atoms with van der Waals surface area (Å²) in [6, 6.07) is 2.34. The Morgan fingerprint density at radius 3 is 2.50 bits per heavy atom. The summed E-state index contributed by atoms with van der Waals surface area (Å²) < 4.78 is 0. The van der Waals surface area contributed by atoms with Crippen LogP contribution in [0.4, 0.5) is 11.9 Å². The lowest BCUT2D eigenvalue weighted by Crippen LogP contribution is -2.44. The normalized spacial score (nSPS) is 15.9. The largest absolute Gasteiger partial charge is 0.341 e. The number of piperidine rings is 1. The summed E-state index contributed by atoms with van der Waals surface area (Å²) in [6.45, 7) is 3.86. The molecule has 1 fully saturated rings. The number of nitrogens with zero attached hydrogens (tertiary/aromatic N) is 6. The molecule has 0 N–H and O–H groups in total. The predicted octanol–water partition coefficient (Wildman–Crippen LogP) is 2.33. The summed E-state index contributed by atoms with van der Waals surface area (Å²) in [5.74, 6) is 1.54. The molecule has 0 unspecified atom stereocenters. The minimum atomic E-state index is 0.419. The molecule has 7 heteroatoms. The molecule has 116 valence electrons. The zero-order chi connectivity index (χ0) is 15.5. The van der Waals surface area contributed by atoms with E-state index in [9.17, 15) is 0 Å². The van der Waals surface area contributed by atoms with Crippen LogP contribution in [0, 0.1) is 6.92 Å². The van der Waals surface area contributed by atoms with E-state index < -0.39 is 0 Å². The Morgan fingerprint density at radius 2 is 1.86 bits per heavy atom. The summed E-state index contributed by atoms with van der Waals surface area (Å²) in [6.07, 6.45) is 7.14. The fraction of sp³-hybridized carbons (Fsp3) is 0.467. The van der Waals surface area contributed by atoms with Crippen molar-refractivity contribution >= 4 is 23.5 Å². The molecular formula is C15H19ClN6. The molecule has 6 nitrogen and oxygen atoms in total. The highest BCUT2D eigenvalue weighted by atomic mass is 35.5. The zero-order valence-electron chi connectivity index (χ0n) is 12.8. The van der Waals surface area contributed by atoms with E-state index in [0.717, 1.165) is 43.5 Å². The van der Waals surface area contributed by atoms with E-state index in [-0.39, 0.29) is 0 Å². The van der Waals surface area contributed by atoms with Crippen molar-refractivity contribution in [2.24, 2.45) is 0 Å². The molecule has 0 bridgehead atoms. The molecule has 3 heterocycles. The Labute approximate surface area is 135 Å². The second-order valence-electron chi connectivity index (χ2n) is 5.53. The minimum Gasteiger partial charge on any atom is -0.341 e. The smallest absolute Gasteiger partial charge is 0.225 e. The molecule has 1 aliphatic heterocycles. The number of aryl methyl sites for hydroxylation is 1. The Morgan fingerprint density at radius 1 is 1.18 bits per heavy atom. The minimum absolute atomic E-state index is 0.419. The van der Waals surface area contributed by atoms with Gasteiger partial charge in [-0.1, -0.05) is 11.6 Å². The van der Waals surface area contributed by atoms with Crippen molar-refractivity contribution in [3.63, 3.8) is 0 Å². The summed E-state index contributed by atoms with van der Waals surface area (Å²) >= 11 is 5.84. The average Bonchev–Trinajstić information content (AvgIpc) is 2.55. The lowest BCUT2D eigenvalue weighted by Gasteiger charge is -2.36. The van der Waals surface area contributed by atoms with Crippen LogP contribution >= 0.6 is 11.6 Å². The van der Waals surface area contributed by atoms with E-state index in [2.05, 4.69) is 29.7 Å². The Balaban J connectivity index is 1.62. The molecule has 2 aromatic rings. The van der Waals surface area contributed by atoms with Crippen LogP contribution in [0.1, 0.15) is 18.5 Å². The van der Waals surface area contributed by atoms with Crippen LogP contribution in [-0.2, 0) is 0 Å². The maximum atomic E-state index is 5.84. The molecule has 0 aromatic carbocycles. The summed E-state index contributed by atoms with van der Waals surface area (Å²) in [4.78, 5) is 21.8. The van der Waals surface area contributed by atoms with Crippen molar-refractivity contribution in [3.8, 4) is 0 Å². The standard InChI is InChI=1S/C15H19ClN6/c1-11-3-6-17-15(20-11)22-7-4-13(5-8-22)21(2)14-18-9-12(16)10-19-14/h3,6,9-10,13H,4-5,7-8H2,1-2H3. The van der Waals surface area contributed by atoms with E-state index >= 15 is 0 Å². The predicted molar refractivity (Wildman–Crippen MR) is 87.4 cm³/mol. The second-order valence-corrected chi connectivity index (χ2v) is 5.96. The van der Waals surface area contributed by atoms with Gasteiger partial charge in [0.2, 0.25) is 11.9 Å². The SMILES string of the molecule is Cc1ccnc(N2CCC(N(C)c3ncc(Cl)cn3)CC2)n1. The van der Waals surface area contributed by atoms with E-state index in [1.165, 1.54) is 0 Å². The lowest BCUT2D eigenvalue weighted by atomic mass is 10.0. The van der Waals surface area contributed by atoms with Crippen molar-refractivity contribution in [2.45, 2.75) is 25.8 Å². The fourth-order valence-corrected chi connectivity index (χ4v) is 2.79. The number of hydrogen-bond acceptors (Lipinski definition) is 6. The molecule has 1 aliphatic rings. The summed E-state index contributed by atoms with van der Waals surface area (Å²) in [7, 11) is 2.03. The maximum Gasteiger partial charge on any atom is 0.225 e.